The van der Waals surface area contributed by atoms with E-state index in [9.17, 15) is 4.39 Å². The lowest BCUT2D eigenvalue weighted by Crippen LogP contribution is -2.51. The maximum absolute atomic E-state index is 13.3. The van der Waals surface area contributed by atoms with Gasteiger partial charge in [0.1, 0.15) is 5.82 Å². The smallest absolute Gasteiger partial charge is 0.123 e. The normalized spacial score (nSPS) is 53.1. The molecule has 112 valence electrons. The molecule has 0 heterocycles. The summed E-state index contributed by atoms with van der Waals surface area (Å²) in [5.41, 5.74) is 1.10. The largest absolute Gasteiger partial charge is 0.309 e. The molecule has 5 fully saturated rings. The van der Waals surface area contributed by atoms with Crippen LogP contribution in [0.3, 0.4) is 0 Å². The number of nitrogens with one attached hydrogen (secondary N) is 1. The molecular formula is C18H21ClFN. The standard InChI is InChI=1S/C18H20FN.ClH/c19-9-3-1-2-8(4-9)7-20-18-15-11-6-12-14-10(11)5-13(15)16(14)17(12)18;/h1-4,10-18,20H,5-7H2;1H/t10-,11-,12+,13+,14+,15-,16-,17-,18-;/m0./s1. The molecule has 2 bridgehead atoms. The van der Waals surface area contributed by atoms with E-state index in [1.54, 1.807) is 18.9 Å². The summed E-state index contributed by atoms with van der Waals surface area (Å²) in [6, 6.07) is 7.83. The SMILES string of the molecule is Cl.Fc1cccc(CN[C@H]2[C@@H]3[C@H]4C[C@H]5[C@@H]3C[C@@H]3[C@@H]5[C@H]4[C@H]32)c1. The van der Waals surface area contributed by atoms with Crippen molar-refractivity contribution in [3.63, 3.8) is 0 Å². The Bertz CT molecular complexity index is 599. The number of fused-ring (bicyclic) bond motifs is 2. The average molecular weight is 306 g/mol. The molecule has 1 aromatic rings. The van der Waals surface area contributed by atoms with E-state index in [2.05, 4.69) is 5.32 Å². The molecule has 1 aromatic carbocycles. The van der Waals surface area contributed by atoms with Crippen molar-refractivity contribution in [2.24, 2.45) is 47.3 Å². The summed E-state index contributed by atoms with van der Waals surface area (Å²) in [6.07, 6.45) is 3.10. The van der Waals surface area contributed by atoms with Gasteiger partial charge >= 0.3 is 0 Å². The topological polar surface area (TPSA) is 12.0 Å². The zero-order chi connectivity index (χ0) is 13.0. The fraction of sp³-hybridized carbons (Fsp3) is 0.667. The van der Waals surface area contributed by atoms with Crippen molar-refractivity contribution in [2.45, 2.75) is 25.4 Å². The number of halogens is 2. The van der Waals surface area contributed by atoms with Gasteiger partial charge in [-0.15, -0.1) is 12.4 Å². The Morgan fingerprint density at radius 2 is 1.71 bits per heavy atom. The van der Waals surface area contributed by atoms with Crippen LogP contribution in [-0.4, -0.2) is 6.04 Å². The lowest BCUT2D eigenvalue weighted by Gasteiger charge is -2.48. The molecule has 5 saturated carbocycles. The Morgan fingerprint density at radius 3 is 2.52 bits per heavy atom. The van der Waals surface area contributed by atoms with Crippen LogP contribution in [0.5, 0.6) is 0 Å². The number of hydrogen-bond acceptors (Lipinski definition) is 1. The van der Waals surface area contributed by atoms with Crippen molar-refractivity contribution in [3.8, 4) is 0 Å². The summed E-state index contributed by atoms with van der Waals surface area (Å²) in [4.78, 5) is 0. The fourth-order valence-corrected chi connectivity index (χ4v) is 7.63. The molecule has 0 amide bonds. The van der Waals surface area contributed by atoms with Crippen LogP contribution < -0.4 is 5.32 Å². The summed E-state index contributed by atoms with van der Waals surface area (Å²) in [5, 5.41) is 3.84. The Morgan fingerprint density at radius 1 is 0.952 bits per heavy atom. The number of rotatable bonds is 3. The van der Waals surface area contributed by atoms with Crippen LogP contribution >= 0.6 is 12.4 Å². The highest BCUT2D eigenvalue weighted by Gasteiger charge is 2.80. The minimum atomic E-state index is -0.108. The molecule has 5 aliphatic carbocycles. The Labute approximate surface area is 131 Å². The molecule has 0 saturated heterocycles. The second kappa shape index (κ2) is 4.02. The number of hydrogen-bond donors (Lipinski definition) is 1. The minimum absolute atomic E-state index is 0. The average Bonchev–Trinajstić information content (AvgIpc) is 2.95. The van der Waals surface area contributed by atoms with Crippen LogP contribution in [0.1, 0.15) is 18.4 Å². The Kier molecular flexibility index (Phi) is 2.47. The van der Waals surface area contributed by atoms with Crippen LogP contribution in [0.15, 0.2) is 24.3 Å². The minimum Gasteiger partial charge on any atom is -0.309 e. The van der Waals surface area contributed by atoms with Gasteiger partial charge in [-0.1, -0.05) is 12.1 Å². The van der Waals surface area contributed by atoms with Gasteiger partial charge < -0.3 is 5.32 Å². The van der Waals surface area contributed by atoms with Gasteiger partial charge in [0, 0.05) is 12.6 Å². The highest BCUT2D eigenvalue weighted by molar-refractivity contribution is 5.85. The zero-order valence-electron chi connectivity index (χ0n) is 11.9. The fourth-order valence-electron chi connectivity index (χ4n) is 7.63. The van der Waals surface area contributed by atoms with Crippen molar-refractivity contribution in [2.75, 3.05) is 0 Å². The molecule has 3 heteroatoms. The van der Waals surface area contributed by atoms with Gasteiger partial charge in [0.05, 0.1) is 0 Å². The maximum Gasteiger partial charge on any atom is 0.123 e. The third-order valence-electron chi connectivity index (χ3n) is 7.75. The van der Waals surface area contributed by atoms with Gasteiger partial charge in [0.25, 0.3) is 0 Å². The Hall–Kier alpha value is -0.600. The number of benzene rings is 1. The third-order valence-corrected chi connectivity index (χ3v) is 7.75. The van der Waals surface area contributed by atoms with Crippen LogP contribution in [-0.2, 0) is 6.54 Å². The monoisotopic (exact) mass is 305 g/mol. The van der Waals surface area contributed by atoms with Crippen LogP contribution in [0, 0.1) is 53.2 Å². The van der Waals surface area contributed by atoms with Crippen molar-refractivity contribution in [1.29, 1.82) is 0 Å². The summed E-state index contributed by atoms with van der Waals surface area (Å²) in [7, 11) is 0. The second-order valence-electron chi connectivity index (χ2n) is 7.97. The molecular weight excluding hydrogens is 285 g/mol. The highest BCUT2D eigenvalue weighted by atomic mass is 35.5. The molecule has 21 heavy (non-hydrogen) atoms. The summed E-state index contributed by atoms with van der Waals surface area (Å²) >= 11 is 0. The van der Waals surface area contributed by atoms with Crippen LogP contribution in [0.25, 0.3) is 0 Å². The van der Waals surface area contributed by atoms with E-state index < -0.39 is 0 Å². The van der Waals surface area contributed by atoms with Crippen molar-refractivity contribution >= 4 is 12.4 Å². The molecule has 9 atom stereocenters. The van der Waals surface area contributed by atoms with E-state index in [4.69, 9.17) is 0 Å². The molecule has 1 nitrogen and oxygen atoms in total. The van der Waals surface area contributed by atoms with Crippen LogP contribution in [0.4, 0.5) is 4.39 Å². The van der Waals surface area contributed by atoms with E-state index >= 15 is 0 Å². The second-order valence-corrected chi connectivity index (χ2v) is 7.97. The van der Waals surface area contributed by atoms with Crippen LogP contribution in [0.2, 0.25) is 0 Å². The van der Waals surface area contributed by atoms with Gasteiger partial charge in [-0.2, -0.15) is 0 Å². The lowest BCUT2D eigenvalue weighted by atomic mass is 9.59. The first-order valence-corrected chi connectivity index (χ1v) is 8.31. The van der Waals surface area contributed by atoms with Gasteiger partial charge in [-0.05, 0) is 77.9 Å². The van der Waals surface area contributed by atoms with Gasteiger partial charge in [-0.25, -0.2) is 4.39 Å². The van der Waals surface area contributed by atoms with E-state index in [0.29, 0.717) is 0 Å². The molecule has 0 unspecified atom stereocenters. The summed E-state index contributed by atoms with van der Waals surface area (Å²) in [5.74, 6) is 8.33. The Balaban J connectivity index is 0.00000104. The van der Waals surface area contributed by atoms with Gasteiger partial charge in [0.15, 0.2) is 0 Å². The third kappa shape index (κ3) is 1.33. The predicted octanol–water partition coefficient (Wildman–Crippen LogP) is 3.48. The predicted molar refractivity (Wildman–Crippen MR) is 81.4 cm³/mol. The first-order valence-electron chi connectivity index (χ1n) is 8.31. The molecule has 0 aliphatic heterocycles. The molecule has 6 rings (SSSR count). The summed E-state index contributed by atoms with van der Waals surface area (Å²) < 4.78 is 13.3. The van der Waals surface area contributed by atoms with E-state index in [1.807, 2.05) is 12.1 Å². The first-order chi connectivity index (χ1) is 9.83. The van der Waals surface area contributed by atoms with Crippen molar-refractivity contribution in [3.05, 3.63) is 35.6 Å². The zero-order valence-corrected chi connectivity index (χ0v) is 12.7. The van der Waals surface area contributed by atoms with Crippen molar-refractivity contribution < 1.29 is 4.39 Å². The lowest BCUT2D eigenvalue weighted by molar-refractivity contribution is 0.00939. The molecule has 1 N–H and O–H groups in total. The van der Waals surface area contributed by atoms with Crippen molar-refractivity contribution in [1.82, 2.24) is 5.32 Å². The van der Waals surface area contributed by atoms with E-state index in [1.165, 1.54) is 6.07 Å². The summed E-state index contributed by atoms with van der Waals surface area (Å²) in [6.45, 7) is 0.851. The van der Waals surface area contributed by atoms with Gasteiger partial charge in [0.2, 0.25) is 0 Å². The maximum atomic E-state index is 13.3. The molecule has 0 aromatic heterocycles. The van der Waals surface area contributed by atoms with E-state index in [0.717, 1.165) is 65.5 Å². The molecule has 5 aliphatic rings. The van der Waals surface area contributed by atoms with Gasteiger partial charge in [-0.3, -0.25) is 0 Å². The first kappa shape index (κ1) is 12.9. The molecule has 0 spiro atoms. The van der Waals surface area contributed by atoms with E-state index in [-0.39, 0.29) is 18.2 Å². The quantitative estimate of drug-likeness (QED) is 0.901. The molecule has 0 radical (unpaired) electrons. The highest BCUT2D eigenvalue weighted by Crippen LogP contribution is 2.82.